The molecule has 0 saturated carbocycles. The summed E-state index contributed by atoms with van der Waals surface area (Å²) >= 11 is 3.33. The molecule has 2 unspecified atom stereocenters. The summed E-state index contributed by atoms with van der Waals surface area (Å²) in [6.45, 7) is 1.63. The number of alkyl halides is 3. The van der Waals surface area contributed by atoms with E-state index in [1.165, 1.54) is 6.20 Å². The van der Waals surface area contributed by atoms with Gasteiger partial charge >= 0.3 is 6.18 Å². The Kier molecular flexibility index (Phi) is 5.09. The van der Waals surface area contributed by atoms with Gasteiger partial charge in [0.05, 0.1) is 25.5 Å². The molecule has 2 atom stereocenters. The zero-order chi connectivity index (χ0) is 19.9. The Labute approximate surface area is 167 Å². The number of amides is 1. The molecule has 1 fully saturated rings. The molecule has 2 aliphatic rings. The van der Waals surface area contributed by atoms with Crippen LogP contribution in [0, 0.1) is 0 Å². The number of halogens is 4. The van der Waals surface area contributed by atoms with Crippen LogP contribution in [0.3, 0.4) is 0 Å². The van der Waals surface area contributed by atoms with E-state index in [9.17, 15) is 18.0 Å². The summed E-state index contributed by atoms with van der Waals surface area (Å²) in [7, 11) is 0. The normalized spacial score (nSPS) is 22.5. The molecule has 0 aliphatic carbocycles. The topological polar surface area (TPSA) is 59.4 Å². The highest BCUT2D eigenvalue weighted by Gasteiger charge is 2.47. The molecule has 1 aromatic heterocycles. The van der Waals surface area contributed by atoms with Gasteiger partial charge < -0.3 is 15.0 Å². The van der Waals surface area contributed by atoms with E-state index in [1.807, 2.05) is 0 Å². The number of carbonyl (C=O) groups is 1. The van der Waals surface area contributed by atoms with Crippen molar-refractivity contribution >= 4 is 27.7 Å². The minimum Gasteiger partial charge on any atom is -0.378 e. The third-order valence-electron chi connectivity index (χ3n) is 5.04. The molecular formula is C18H18BrF3N4O2. The van der Waals surface area contributed by atoms with Crippen molar-refractivity contribution in [2.75, 3.05) is 31.6 Å². The van der Waals surface area contributed by atoms with Gasteiger partial charge in [0, 0.05) is 24.0 Å². The van der Waals surface area contributed by atoms with Crippen LogP contribution in [-0.4, -0.2) is 53.1 Å². The maximum atomic E-state index is 13.7. The quantitative estimate of drug-likeness (QED) is 0.743. The number of anilines is 1. The molecule has 4 rings (SSSR count). The number of carbonyl (C=O) groups excluding carboxylic acids is 1. The zero-order valence-electron chi connectivity index (χ0n) is 14.7. The van der Waals surface area contributed by atoms with E-state index in [0.717, 1.165) is 14.7 Å². The van der Waals surface area contributed by atoms with Crippen molar-refractivity contribution in [3.63, 3.8) is 0 Å². The number of nitrogens with one attached hydrogen (secondary N) is 1. The second kappa shape index (κ2) is 7.40. The molecule has 0 spiro atoms. The van der Waals surface area contributed by atoms with Gasteiger partial charge in [0.2, 0.25) is 0 Å². The van der Waals surface area contributed by atoms with Crippen molar-refractivity contribution in [2.24, 2.45) is 0 Å². The largest absolute Gasteiger partial charge is 0.410 e. The van der Waals surface area contributed by atoms with Crippen molar-refractivity contribution in [1.29, 1.82) is 0 Å². The van der Waals surface area contributed by atoms with Gasteiger partial charge in [-0.25, -0.2) is 4.68 Å². The van der Waals surface area contributed by atoms with Gasteiger partial charge in [0.15, 0.2) is 6.04 Å². The van der Waals surface area contributed by atoms with Gasteiger partial charge in [0.25, 0.3) is 5.91 Å². The maximum absolute atomic E-state index is 13.7. The average Bonchev–Trinajstić information content (AvgIpc) is 3.11. The van der Waals surface area contributed by atoms with Gasteiger partial charge in [0.1, 0.15) is 11.4 Å². The summed E-state index contributed by atoms with van der Waals surface area (Å²) in [6.07, 6.45) is -3.45. The lowest BCUT2D eigenvalue weighted by Crippen LogP contribution is -2.41. The molecule has 2 aromatic rings. The Morgan fingerprint density at radius 2 is 1.89 bits per heavy atom. The van der Waals surface area contributed by atoms with Gasteiger partial charge in [-0.05, 0) is 17.7 Å². The number of aromatic nitrogens is 2. The highest BCUT2D eigenvalue weighted by molar-refractivity contribution is 9.10. The molecule has 1 N–H and O–H groups in total. The van der Waals surface area contributed by atoms with Crippen molar-refractivity contribution in [3.05, 3.63) is 46.1 Å². The lowest BCUT2D eigenvalue weighted by molar-refractivity contribution is -0.173. The maximum Gasteiger partial charge on any atom is 0.410 e. The Balaban J connectivity index is 1.70. The Morgan fingerprint density at radius 1 is 1.21 bits per heavy atom. The molecule has 10 heteroatoms. The fraction of sp³-hybridized carbons (Fsp3) is 0.444. The first kappa shape index (κ1) is 19.3. The van der Waals surface area contributed by atoms with Crippen LogP contribution in [0.15, 0.2) is 34.9 Å². The summed E-state index contributed by atoms with van der Waals surface area (Å²) < 4.78 is 48.2. The molecule has 3 heterocycles. The van der Waals surface area contributed by atoms with Crippen LogP contribution in [0.4, 0.5) is 19.0 Å². The summed E-state index contributed by atoms with van der Waals surface area (Å²) in [5, 5.41) is 7.02. The first-order valence-corrected chi connectivity index (χ1v) is 9.67. The number of morpholine rings is 1. The Hall–Kier alpha value is -2.07. The fourth-order valence-corrected chi connectivity index (χ4v) is 3.83. The van der Waals surface area contributed by atoms with E-state index >= 15 is 0 Å². The SMILES string of the molecule is O=C(c1cnn2c1NC(c1ccc(Br)cc1)CC2C(F)(F)F)N1CCOCC1. The van der Waals surface area contributed by atoms with E-state index in [2.05, 4.69) is 26.3 Å². The number of fused-ring (bicyclic) bond motifs is 1. The Bertz CT molecular complexity index is 863. The fourth-order valence-electron chi connectivity index (χ4n) is 3.57. The molecule has 0 radical (unpaired) electrons. The second-order valence-electron chi connectivity index (χ2n) is 6.80. The molecule has 2 aliphatic heterocycles. The number of ether oxygens (including phenoxy) is 1. The second-order valence-corrected chi connectivity index (χ2v) is 7.71. The van der Waals surface area contributed by atoms with Crippen molar-refractivity contribution in [2.45, 2.75) is 24.7 Å². The van der Waals surface area contributed by atoms with Gasteiger partial charge in [-0.2, -0.15) is 18.3 Å². The number of rotatable bonds is 2. The lowest BCUT2D eigenvalue weighted by atomic mass is 9.96. The van der Waals surface area contributed by atoms with Crippen LogP contribution in [0.25, 0.3) is 0 Å². The predicted molar refractivity (Wildman–Crippen MR) is 99.2 cm³/mol. The highest BCUT2D eigenvalue weighted by atomic mass is 79.9. The Morgan fingerprint density at radius 3 is 2.54 bits per heavy atom. The van der Waals surface area contributed by atoms with Crippen LogP contribution in [-0.2, 0) is 4.74 Å². The van der Waals surface area contributed by atoms with Crippen molar-refractivity contribution in [1.82, 2.24) is 14.7 Å². The lowest BCUT2D eigenvalue weighted by Gasteiger charge is -2.34. The van der Waals surface area contributed by atoms with Crippen LogP contribution < -0.4 is 5.32 Å². The summed E-state index contributed by atoms with van der Waals surface area (Å²) in [4.78, 5) is 14.4. The molecule has 150 valence electrons. The van der Waals surface area contributed by atoms with Crippen LogP contribution in [0.1, 0.15) is 34.4 Å². The minimum absolute atomic E-state index is 0.109. The molecule has 1 aromatic carbocycles. The summed E-state index contributed by atoms with van der Waals surface area (Å²) in [5.41, 5.74) is 0.868. The summed E-state index contributed by atoms with van der Waals surface area (Å²) in [6, 6.07) is 4.72. The minimum atomic E-state index is -4.48. The number of hydrogen-bond donors (Lipinski definition) is 1. The third kappa shape index (κ3) is 3.62. The molecule has 1 saturated heterocycles. The zero-order valence-corrected chi connectivity index (χ0v) is 16.3. The van der Waals surface area contributed by atoms with Crippen LogP contribution >= 0.6 is 15.9 Å². The van der Waals surface area contributed by atoms with Crippen LogP contribution in [0.5, 0.6) is 0 Å². The monoisotopic (exact) mass is 458 g/mol. The molecule has 28 heavy (non-hydrogen) atoms. The van der Waals surface area contributed by atoms with Crippen molar-refractivity contribution in [3.8, 4) is 0 Å². The first-order valence-electron chi connectivity index (χ1n) is 8.88. The number of benzene rings is 1. The predicted octanol–water partition coefficient (Wildman–Crippen LogP) is 3.78. The van der Waals surface area contributed by atoms with Crippen LogP contribution in [0.2, 0.25) is 0 Å². The van der Waals surface area contributed by atoms with Gasteiger partial charge in [-0.3, -0.25) is 4.79 Å². The highest BCUT2D eigenvalue weighted by Crippen LogP contribution is 2.44. The standard InChI is InChI=1S/C18H18BrF3N4O2/c19-12-3-1-11(2-4-12)14-9-15(18(20,21)22)26-16(24-14)13(10-23-26)17(27)25-5-7-28-8-6-25/h1-4,10,14-15,24H,5-9H2. The van der Waals surface area contributed by atoms with Crippen molar-refractivity contribution < 1.29 is 22.7 Å². The molecule has 6 nitrogen and oxygen atoms in total. The smallest absolute Gasteiger partial charge is 0.378 e. The average molecular weight is 459 g/mol. The van der Waals surface area contributed by atoms with E-state index in [1.54, 1.807) is 29.2 Å². The summed E-state index contributed by atoms with van der Waals surface area (Å²) in [5.74, 6) is -0.229. The van der Waals surface area contributed by atoms with Gasteiger partial charge in [-0.1, -0.05) is 28.1 Å². The number of hydrogen-bond acceptors (Lipinski definition) is 4. The molecule has 0 bridgehead atoms. The molecule has 1 amide bonds. The van der Waals surface area contributed by atoms with E-state index in [4.69, 9.17) is 4.74 Å². The third-order valence-corrected chi connectivity index (χ3v) is 5.57. The van der Waals surface area contributed by atoms with Gasteiger partial charge in [-0.15, -0.1) is 0 Å². The molecular weight excluding hydrogens is 441 g/mol. The van der Waals surface area contributed by atoms with E-state index in [-0.39, 0.29) is 23.7 Å². The van der Waals surface area contributed by atoms with E-state index < -0.39 is 18.3 Å². The number of nitrogens with zero attached hydrogens (tertiary/aromatic N) is 3. The first-order chi connectivity index (χ1) is 13.3. The van der Waals surface area contributed by atoms with E-state index in [0.29, 0.717) is 26.3 Å².